The zero-order chi connectivity index (χ0) is 5.70. The topological polar surface area (TPSA) is 69.6 Å². The lowest BCUT2D eigenvalue weighted by molar-refractivity contribution is 0.201. The molecule has 0 saturated carbocycles. The molecule has 0 unspecified atom stereocenters. The van der Waals surface area contributed by atoms with Gasteiger partial charge in [-0.1, -0.05) is 0 Å². The second-order valence-corrected chi connectivity index (χ2v) is 5.10. The standard InChI is InChI=1S/CH7NO3Si2/c3-1(4)2-6-7-5/h2,5H,6-7H2,(H,3,4). The van der Waals surface area contributed by atoms with Crippen LogP contribution < -0.4 is 4.98 Å². The first-order valence-corrected chi connectivity index (χ1v) is 7.19. The van der Waals surface area contributed by atoms with Gasteiger partial charge < -0.3 is 14.9 Å². The fourth-order valence-electron chi connectivity index (χ4n) is 0.163. The fraction of sp³-hybridized carbons (Fsp3) is 0. The summed E-state index contributed by atoms with van der Waals surface area (Å²) >= 11 is 0. The highest BCUT2D eigenvalue weighted by atomic mass is 29.2. The van der Waals surface area contributed by atoms with Gasteiger partial charge in [-0.25, -0.2) is 4.79 Å². The molecule has 0 fully saturated rings. The van der Waals surface area contributed by atoms with Crippen LogP contribution in [0, 0.1) is 0 Å². The summed E-state index contributed by atoms with van der Waals surface area (Å²) in [5.41, 5.74) is 0. The summed E-state index contributed by atoms with van der Waals surface area (Å²) in [7, 11) is -1.76. The van der Waals surface area contributed by atoms with Crippen LogP contribution in [-0.4, -0.2) is 34.5 Å². The molecular weight excluding hydrogens is 130 g/mol. The van der Waals surface area contributed by atoms with Gasteiger partial charge in [-0.3, -0.25) is 0 Å². The Kier molecular flexibility index (Phi) is 3.66. The molecule has 0 aromatic heterocycles. The number of amides is 1. The Bertz CT molecular complexity index is 66.0. The molecule has 4 nitrogen and oxygen atoms in total. The molecule has 0 aromatic carbocycles. The Balaban J connectivity index is 2.82. The first-order valence-electron chi connectivity index (χ1n) is 1.85. The van der Waals surface area contributed by atoms with Crippen LogP contribution in [0.1, 0.15) is 0 Å². The van der Waals surface area contributed by atoms with Crippen molar-refractivity contribution in [2.24, 2.45) is 0 Å². The zero-order valence-corrected chi connectivity index (χ0v) is 6.55. The Morgan fingerprint density at radius 3 is 2.43 bits per heavy atom. The molecule has 1 amide bonds. The monoisotopic (exact) mass is 137 g/mol. The van der Waals surface area contributed by atoms with E-state index in [2.05, 4.69) is 4.98 Å². The van der Waals surface area contributed by atoms with Crippen LogP contribution in [0.2, 0.25) is 0 Å². The average Bonchev–Trinajstić information content (AvgIpc) is 1.61. The quantitative estimate of drug-likeness (QED) is 0.364. The molecule has 0 rings (SSSR count). The second kappa shape index (κ2) is 3.84. The maximum Gasteiger partial charge on any atom is 0.396 e. The molecular formula is CH7NO3Si2. The van der Waals surface area contributed by atoms with Crippen LogP contribution >= 0.6 is 0 Å². The van der Waals surface area contributed by atoms with Crippen molar-refractivity contribution in [3.05, 3.63) is 0 Å². The number of hydrogen-bond acceptors (Lipinski definition) is 2. The Hall–Kier alpha value is -0.336. The summed E-state index contributed by atoms with van der Waals surface area (Å²) in [6.07, 6.45) is -1.01. The van der Waals surface area contributed by atoms with Gasteiger partial charge in [-0.05, 0) is 0 Å². The average molecular weight is 137 g/mol. The van der Waals surface area contributed by atoms with Crippen LogP contribution in [0.4, 0.5) is 4.79 Å². The molecule has 0 radical (unpaired) electrons. The summed E-state index contributed by atoms with van der Waals surface area (Å²) in [5.74, 6) is 0. The summed E-state index contributed by atoms with van der Waals surface area (Å²) in [5, 5.41) is 7.88. The number of nitrogens with one attached hydrogen (secondary N) is 1. The molecule has 0 aliphatic carbocycles. The Labute approximate surface area is 45.2 Å². The van der Waals surface area contributed by atoms with Gasteiger partial charge in [0.25, 0.3) is 0 Å². The number of rotatable bonds is 2. The van der Waals surface area contributed by atoms with E-state index in [0.717, 1.165) is 0 Å². The minimum atomic E-state index is -1.01. The molecule has 0 heterocycles. The van der Waals surface area contributed by atoms with Crippen molar-refractivity contribution in [1.82, 2.24) is 4.98 Å². The number of carbonyl (C=O) groups is 1. The maximum absolute atomic E-state index is 9.59. The number of carboxylic acid groups (broad SMARTS) is 1. The van der Waals surface area contributed by atoms with Crippen LogP contribution in [0.5, 0.6) is 0 Å². The molecule has 0 aromatic rings. The molecule has 3 N–H and O–H groups in total. The van der Waals surface area contributed by atoms with Gasteiger partial charge in [0.15, 0.2) is 9.28 Å². The van der Waals surface area contributed by atoms with Crippen LogP contribution in [0.25, 0.3) is 0 Å². The minimum absolute atomic E-state index is 0.781. The van der Waals surface area contributed by atoms with Gasteiger partial charge in [0.1, 0.15) is 9.20 Å². The summed E-state index contributed by atoms with van der Waals surface area (Å²) in [6, 6.07) is 0. The van der Waals surface area contributed by atoms with Gasteiger partial charge in [0, 0.05) is 0 Å². The van der Waals surface area contributed by atoms with Crippen molar-refractivity contribution in [2.75, 3.05) is 0 Å². The first-order chi connectivity index (χ1) is 3.27. The van der Waals surface area contributed by atoms with E-state index in [1.54, 1.807) is 0 Å². The summed E-state index contributed by atoms with van der Waals surface area (Å²) in [6.45, 7) is 0. The van der Waals surface area contributed by atoms with E-state index in [0.29, 0.717) is 0 Å². The molecule has 0 bridgehead atoms. The molecule has 6 heteroatoms. The molecule has 0 aliphatic heterocycles. The molecule has 7 heavy (non-hydrogen) atoms. The third-order valence-electron chi connectivity index (χ3n) is 0.388. The summed E-state index contributed by atoms with van der Waals surface area (Å²) < 4.78 is 0. The third kappa shape index (κ3) is 5.66. The van der Waals surface area contributed by atoms with Gasteiger partial charge in [0.2, 0.25) is 0 Å². The van der Waals surface area contributed by atoms with Crippen molar-refractivity contribution >= 4 is 24.6 Å². The smallest absolute Gasteiger partial charge is 0.396 e. The normalized spacial score (nSPS) is 11.6. The fourth-order valence-corrected chi connectivity index (χ4v) is 1.47. The van der Waals surface area contributed by atoms with E-state index >= 15 is 0 Å². The minimum Gasteiger partial charge on any atom is -0.466 e. The molecule has 42 valence electrons. The first kappa shape index (κ1) is 6.66. The highest BCUT2D eigenvalue weighted by molar-refractivity contribution is 6.96. The van der Waals surface area contributed by atoms with Crippen LogP contribution in [0.15, 0.2) is 0 Å². The van der Waals surface area contributed by atoms with E-state index in [1.807, 2.05) is 0 Å². The van der Waals surface area contributed by atoms with E-state index in [4.69, 9.17) is 9.90 Å². The Morgan fingerprint density at radius 1 is 1.71 bits per heavy atom. The summed E-state index contributed by atoms with van der Waals surface area (Å²) in [4.78, 5) is 19.9. The van der Waals surface area contributed by atoms with Gasteiger partial charge in [-0.15, -0.1) is 0 Å². The van der Waals surface area contributed by atoms with E-state index in [-0.39, 0.29) is 0 Å². The predicted octanol–water partition coefficient (Wildman–Crippen LogP) is -2.67. The highest BCUT2D eigenvalue weighted by Crippen LogP contribution is 1.51. The van der Waals surface area contributed by atoms with Crippen molar-refractivity contribution in [1.29, 1.82) is 0 Å². The lowest BCUT2D eigenvalue weighted by Gasteiger charge is -1.89. The predicted molar refractivity (Wildman–Crippen MR) is 30.5 cm³/mol. The van der Waals surface area contributed by atoms with Gasteiger partial charge in [-0.2, -0.15) is 0 Å². The Morgan fingerprint density at radius 2 is 2.29 bits per heavy atom. The van der Waals surface area contributed by atoms with Crippen LogP contribution in [0.3, 0.4) is 0 Å². The molecule has 0 spiro atoms. The van der Waals surface area contributed by atoms with Crippen molar-refractivity contribution in [3.8, 4) is 0 Å². The zero-order valence-electron chi connectivity index (χ0n) is 3.72. The lowest BCUT2D eigenvalue weighted by atomic mass is 11.3. The van der Waals surface area contributed by atoms with E-state index in [9.17, 15) is 4.79 Å². The van der Waals surface area contributed by atoms with E-state index < -0.39 is 24.6 Å². The second-order valence-electron chi connectivity index (χ2n) is 0.956. The SMILES string of the molecule is O=C(O)N[SiH2][SiH2]O. The van der Waals surface area contributed by atoms with Gasteiger partial charge >= 0.3 is 6.09 Å². The molecule has 0 atom stereocenters. The lowest BCUT2D eigenvalue weighted by Crippen LogP contribution is -2.29. The third-order valence-corrected chi connectivity index (χ3v) is 2.58. The number of hydrogen-bond donors (Lipinski definition) is 3. The van der Waals surface area contributed by atoms with Gasteiger partial charge in [0.05, 0.1) is 0 Å². The van der Waals surface area contributed by atoms with Crippen LogP contribution in [-0.2, 0) is 0 Å². The largest absolute Gasteiger partial charge is 0.466 e. The highest BCUT2D eigenvalue weighted by Gasteiger charge is 1.89. The maximum atomic E-state index is 9.59. The molecule has 0 aliphatic rings. The van der Waals surface area contributed by atoms with Crippen molar-refractivity contribution in [3.63, 3.8) is 0 Å². The van der Waals surface area contributed by atoms with Crippen molar-refractivity contribution in [2.45, 2.75) is 0 Å². The van der Waals surface area contributed by atoms with E-state index in [1.165, 1.54) is 0 Å². The van der Waals surface area contributed by atoms with Crippen molar-refractivity contribution < 1.29 is 14.7 Å². The molecule has 0 saturated heterocycles.